The molecule has 0 saturated heterocycles. The van der Waals surface area contributed by atoms with E-state index in [1.165, 1.54) is 12.4 Å². The summed E-state index contributed by atoms with van der Waals surface area (Å²) in [6.45, 7) is 11.8. The van der Waals surface area contributed by atoms with E-state index in [9.17, 15) is 9.59 Å². The zero-order valence-corrected chi connectivity index (χ0v) is 16.7. The van der Waals surface area contributed by atoms with Crippen LogP contribution in [0.3, 0.4) is 0 Å². The number of amides is 2. The molecule has 144 valence electrons. The maximum absolute atomic E-state index is 12.5. The van der Waals surface area contributed by atoms with E-state index in [-0.39, 0.29) is 17.4 Å². The molecule has 0 radical (unpaired) electrons. The van der Waals surface area contributed by atoms with Gasteiger partial charge in [0, 0.05) is 42.4 Å². The van der Waals surface area contributed by atoms with Crippen molar-refractivity contribution >= 4 is 23.2 Å². The summed E-state index contributed by atoms with van der Waals surface area (Å²) in [5, 5.41) is 5.71. The quantitative estimate of drug-likeness (QED) is 0.815. The number of carbonyl (C=O) groups excluding carboxylic acids is 2. The Bertz CT molecular complexity index is 791. The van der Waals surface area contributed by atoms with Gasteiger partial charge < -0.3 is 15.5 Å². The number of nitrogens with zero attached hydrogens (tertiary/aromatic N) is 2. The van der Waals surface area contributed by atoms with Crippen molar-refractivity contribution in [2.24, 2.45) is 0 Å². The number of rotatable bonds is 6. The predicted octanol–water partition coefficient (Wildman–Crippen LogP) is 3.71. The first-order valence-electron chi connectivity index (χ1n) is 9.17. The molecule has 6 heteroatoms. The van der Waals surface area contributed by atoms with Gasteiger partial charge in [0.25, 0.3) is 11.8 Å². The van der Waals surface area contributed by atoms with Crippen molar-refractivity contribution in [3.8, 4) is 0 Å². The van der Waals surface area contributed by atoms with Crippen LogP contribution in [-0.2, 0) is 0 Å². The molecule has 0 unspecified atom stereocenters. The zero-order chi connectivity index (χ0) is 20.0. The van der Waals surface area contributed by atoms with Gasteiger partial charge in [0.15, 0.2) is 0 Å². The lowest BCUT2D eigenvalue weighted by Gasteiger charge is -2.21. The van der Waals surface area contributed by atoms with E-state index >= 15 is 0 Å². The number of nitrogens with one attached hydrogen (secondary N) is 2. The van der Waals surface area contributed by atoms with E-state index in [1.807, 2.05) is 45.0 Å². The minimum atomic E-state index is -0.359. The van der Waals surface area contributed by atoms with Crippen molar-refractivity contribution in [2.75, 3.05) is 23.3 Å². The third-order valence-corrected chi connectivity index (χ3v) is 4.00. The summed E-state index contributed by atoms with van der Waals surface area (Å²) in [4.78, 5) is 31.0. The van der Waals surface area contributed by atoms with Gasteiger partial charge in [0.05, 0.1) is 11.1 Å². The van der Waals surface area contributed by atoms with Crippen LogP contribution in [0.25, 0.3) is 0 Å². The molecule has 0 spiro atoms. The van der Waals surface area contributed by atoms with Crippen LogP contribution in [0.2, 0.25) is 0 Å². The Balaban J connectivity index is 2.10. The van der Waals surface area contributed by atoms with Crippen LogP contribution in [-0.4, -0.2) is 35.4 Å². The van der Waals surface area contributed by atoms with Gasteiger partial charge in [0.1, 0.15) is 0 Å². The molecule has 0 aliphatic rings. The summed E-state index contributed by atoms with van der Waals surface area (Å²) in [7, 11) is 0. The van der Waals surface area contributed by atoms with Crippen molar-refractivity contribution < 1.29 is 9.59 Å². The maximum Gasteiger partial charge on any atom is 0.257 e. The Morgan fingerprint density at radius 1 is 0.963 bits per heavy atom. The second-order valence-corrected chi connectivity index (χ2v) is 7.34. The van der Waals surface area contributed by atoms with E-state index in [4.69, 9.17) is 0 Å². The predicted molar refractivity (Wildman–Crippen MR) is 109 cm³/mol. The summed E-state index contributed by atoms with van der Waals surface area (Å²) in [6, 6.07) is 9.25. The van der Waals surface area contributed by atoms with Crippen LogP contribution in [0.5, 0.6) is 0 Å². The third kappa shape index (κ3) is 5.81. The average molecular weight is 368 g/mol. The van der Waals surface area contributed by atoms with Crippen LogP contribution in [0.15, 0.2) is 42.7 Å². The van der Waals surface area contributed by atoms with Gasteiger partial charge in [0.2, 0.25) is 0 Å². The molecule has 1 aromatic heterocycles. The summed E-state index contributed by atoms with van der Waals surface area (Å²) in [5.41, 5.74) is 2.14. The minimum Gasteiger partial charge on any atom is -0.372 e. The van der Waals surface area contributed by atoms with Gasteiger partial charge >= 0.3 is 0 Å². The Labute approximate surface area is 161 Å². The molecular weight excluding hydrogens is 340 g/mol. The van der Waals surface area contributed by atoms with E-state index in [1.54, 1.807) is 6.07 Å². The molecule has 0 atom stereocenters. The first kappa shape index (κ1) is 20.4. The lowest BCUT2D eigenvalue weighted by molar-refractivity contribution is 0.0919. The van der Waals surface area contributed by atoms with Crippen molar-refractivity contribution in [3.05, 3.63) is 53.9 Å². The second kappa shape index (κ2) is 8.66. The molecule has 0 fully saturated rings. The zero-order valence-electron chi connectivity index (χ0n) is 16.7. The Morgan fingerprint density at radius 2 is 1.52 bits per heavy atom. The Kier molecular flexibility index (Phi) is 6.55. The van der Waals surface area contributed by atoms with Crippen molar-refractivity contribution in [1.82, 2.24) is 10.3 Å². The average Bonchev–Trinajstić information content (AvgIpc) is 2.63. The summed E-state index contributed by atoms with van der Waals surface area (Å²) < 4.78 is 0. The van der Waals surface area contributed by atoms with Crippen LogP contribution < -0.4 is 15.5 Å². The molecule has 6 nitrogen and oxygen atoms in total. The molecule has 0 bridgehead atoms. The van der Waals surface area contributed by atoms with Crippen LogP contribution >= 0.6 is 0 Å². The highest BCUT2D eigenvalue weighted by molar-refractivity contribution is 6.05. The molecule has 2 aromatic rings. The highest BCUT2D eigenvalue weighted by Gasteiger charge is 2.17. The number of benzene rings is 1. The lowest BCUT2D eigenvalue weighted by atomic mass is 10.1. The molecule has 27 heavy (non-hydrogen) atoms. The monoisotopic (exact) mass is 368 g/mol. The molecule has 0 aliphatic heterocycles. The molecule has 0 saturated carbocycles. The largest absolute Gasteiger partial charge is 0.372 e. The lowest BCUT2D eigenvalue weighted by Crippen LogP contribution is -2.40. The molecule has 2 rings (SSSR count). The second-order valence-electron chi connectivity index (χ2n) is 7.34. The number of hydrogen-bond donors (Lipinski definition) is 2. The number of anilines is 2. The molecule has 2 N–H and O–H groups in total. The topological polar surface area (TPSA) is 74.3 Å². The van der Waals surface area contributed by atoms with Crippen molar-refractivity contribution in [2.45, 2.75) is 40.2 Å². The van der Waals surface area contributed by atoms with Crippen molar-refractivity contribution in [3.63, 3.8) is 0 Å². The van der Waals surface area contributed by atoms with E-state index in [0.29, 0.717) is 16.8 Å². The van der Waals surface area contributed by atoms with E-state index < -0.39 is 0 Å². The van der Waals surface area contributed by atoms with Crippen molar-refractivity contribution in [1.29, 1.82) is 0 Å². The number of pyridine rings is 1. The van der Waals surface area contributed by atoms with Crippen LogP contribution in [0, 0.1) is 0 Å². The van der Waals surface area contributed by atoms with Gasteiger partial charge in [-0.3, -0.25) is 14.6 Å². The Morgan fingerprint density at radius 3 is 2.04 bits per heavy atom. The fourth-order valence-corrected chi connectivity index (χ4v) is 2.65. The van der Waals surface area contributed by atoms with E-state index in [0.717, 1.165) is 18.8 Å². The van der Waals surface area contributed by atoms with Gasteiger partial charge in [-0.05, 0) is 65.0 Å². The first-order chi connectivity index (χ1) is 12.7. The first-order valence-corrected chi connectivity index (χ1v) is 9.17. The van der Waals surface area contributed by atoms with Gasteiger partial charge in [-0.2, -0.15) is 0 Å². The highest BCUT2D eigenvalue weighted by atomic mass is 16.2. The molecule has 0 aliphatic carbocycles. The SMILES string of the molecule is CCN(CC)c1ccc(NC(=O)c2cncc(C(=O)NC(C)(C)C)c2)cc1. The Hall–Kier alpha value is -2.89. The van der Waals surface area contributed by atoms with Gasteiger partial charge in [-0.25, -0.2) is 0 Å². The minimum absolute atomic E-state index is 0.256. The summed E-state index contributed by atoms with van der Waals surface area (Å²) >= 11 is 0. The standard InChI is InChI=1S/C21H28N4O2/c1-6-25(7-2)18-10-8-17(9-11-18)23-19(26)15-12-16(14-22-13-15)20(27)24-21(3,4)5/h8-14H,6-7H2,1-5H3,(H,23,26)(H,24,27). The van der Waals surface area contributed by atoms with Gasteiger partial charge in [-0.15, -0.1) is 0 Å². The van der Waals surface area contributed by atoms with Crippen LogP contribution in [0.4, 0.5) is 11.4 Å². The molecule has 2 amide bonds. The number of carbonyl (C=O) groups is 2. The molecule has 1 heterocycles. The van der Waals surface area contributed by atoms with Crippen LogP contribution in [0.1, 0.15) is 55.3 Å². The number of hydrogen-bond acceptors (Lipinski definition) is 4. The van der Waals surface area contributed by atoms with Gasteiger partial charge in [-0.1, -0.05) is 0 Å². The smallest absolute Gasteiger partial charge is 0.257 e. The fraction of sp³-hybridized carbons (Fsp3) is 0.381. The highest BCUT2D eigenvalue weighted by Crippen LogP contribution is 2.18. The maximum atomic E-state index is 12.5. The molecule has 1 aromatic carbocycles. The summed E-state index contributed by atoms with van der Waals surface area (Å²) in [6.07, 6.45) is 2.91. The normalized spacial score (nSPS) is 11.0. The number of aromatic nitrogens is 1. The fourth-order valence-electron chi connectivity index (χ4n) is 2.65. The van der Waals surface area contributed by atoms with E-state index in [2.05, 4.69) is 34.4 Å². The third-order valence-electron chi connectivity index (χ3n) is 4.00. The molecular formula is C21H28N4O2. The summed E-state index contributed by atoms with van der Waals surface area (Å²) in [5.74, 6) is -0.559.